The molecule has 18 heavy (non-hydrogen) atoms. The maximum absolute atomic E-state index is 11.9. The average molecular weight is 260 g/mol. The first-order valence-electron chi connectivity index (χ1n) is 5.40. The Labute approximate surface area is 109 Å². The minimum atomic E-state index is -0.00916. The molecule has 0 aliphatic heterocycles. The molecule has 2 aromatic rings. The lowest BCUT2D eigenvalue weighted by molar-refractivity contribution is 0.102. The number of aryl methyl sites for hydroxylation is 1. The number of nitrogens with zero attached hydrogens (tertiary/aromatic N) is 2. The van der Waals surface area contributed by atoms with E-state index in [-0.39, 0.29) is 17.3 Å². The third kappa shape index (κ3) is 3.30. The zero-order chi connectivity index (χ0) is 13.0. The Morgan fingerprint density at radius 1 is 1.28 bits per heavy atom. The summed E-state index contributed by atoms with van der Waals surface area (Å²) in [7, 11) is 0. The number of ketones is 1. The number of phenolic OH excluding ortho intramolecular Hbond substituents is 1. The Morgan fingerprint density at radius 2 is 2.00 bits per heavy atom. The van der Waals surface area contributed by atoms with Crippen molar-refractivity contribution in [3.05, 3.63) is 47.8 Å². The molecule has 1 aromatic heterocycles. The first-order chi connectivity index (χ1) is 8.65. The maximum Gasteiger partial charge on any atom is 0.188 e. The van der Waals surface area contributed by atoms with Crippen LogP contribution in [0.2, 0.25) is 0 Å². The summed E-state index contributed by atoms with van der Waals surface area (Å²) in [6.07, 6.45) is 1.68. The number of aromatic nitrogens is 2. The number of carbonyl (C=O) groups is 1. The molecule has 1 aromatic carbocycles. The zero-order valence-electron chi connectivity index (χ0n) is 9.83. The Bertz CT molecular complexity index is 555. The quantitative estimate of drug-likeness (QED) is 0.520. The Balaban J connectivity index is 1.98. The summed E-state index contributed by atoms with van der Waals surface area (Å²) in [6, 6.07) is 8.03. The molecule has 0 unspecified atom stereocenters. The highest BCUT2D eigenvalue weighted by atomic mass is 32.2. The molecule has 5 heteroatoms. The van der Waals surface area contributed by atoms with E-state index in [9.17, 15) is 4.79 Å². The highest BCUT2D eigenvalue weighted by Crippen LogP contribution is 2.16. The molecule has 0 spiro atoms. The van der Waals surface area contributed by atoms with E-state index in [1.807, 2.05) is 13.0 Å². The predicted molar refractivity (Wildman–Crippen MR) is 69.9 cm³/mol. The van der Waals surface area contributed by atoms with Crippen LogP contribution in [0.15, 0.2) is 41.7 Å². The molecule has 0 saturated carbocycles. The van der Waals surface area contributed by atoms with Crippen molar-refractivity contribution < 1.29 is 9.90 Å². The second kappa shape index (κ2) is 5.64. The number of carbonyl (C=O) groups excluding carboxylic acids is 1. The van der Waals surface area contributed by atoms with Gasteiger partial charge in [-0.3, -0.25) is 4.79 Å². The van der Waals surface area contributed by atoms with Crippen LogP contribution in [0.3, 0.4) is 0 Å². The van der Waals surface area contributed by atoms with E-state index in [4.69, 9.17) is 5.11 Å². The predicted octanol–water partition coefficient (Wildman–Crippen LogP) is 2.47. The van der Waals surface area contributed by atoms with Crippen molar-refractivity contribution in [2.24, 2.45) is 0 Å². The van der Waals surface area contributed by atoms with E-state index in [0.29, 0.717) is 10.7 Å². The number of rotatable bonds is 4. The normalized spacial score (nSPS) is 10.3. The number of thioether (sulfide) groups is 1. The van der Waals surface area contributed by atoms with Gasteiger partial charge in [0.05, 0.1) is 5.75 Å². The molecule has 2 rings (SSSR count). The third-order valence-corrected chi connectivity index (χ3v) is 3.16. The van der Waals surface area contributed by atoms with Crippen LogP contribution in [0.5, 0.6) is 5.75 Å². The van der Waals surface area contributed by atoms with Crippen molar-refractivity contribution in [2.45, 2.75) is 12.1 Å². The lowest BCUT2D eigenvalue weighted by Gasteiger charge is -2.01. The van der Waals surface area contributed by atoms with E-state index < -0.39 is 0 Å². The largest absolute Gasteiger partial charge is 0.508 e. The summed E-state index contributed by atoms with van der Waals surface area (Å²) in [5.74, 6) is 0.431. The van der Waals surface area contributed by atoms with Crippen LogP contribution in [0.4, 0.5) is 0 Å². The first-order valence-corrected chi connectivity index (χ1v) is 6.38. The van der Waals surface area contributed by atoms with Crippen LogP contribution in [-0.4, -0.2) is 26.6 Å². The summed E-state index contributed by atoms with van der Waals surface area (Å²) in [6.45, 7) is 1.88. The third-order valence-electron chi connectivity index (χ3n) is 2.29. The van der Waals surface area contributed by atoms with E-state index in [0.717, 1.165) is 5.69 Å². The molecule has 0 aliphatic rings. The van der Waals surface area contributed by atoms with Gasteiger partial charge >= 0.3 is 0 Å². The maximum atomic E-state index is 11.9. The van der Waals surface area contributed by atoms with Gasteiger partial charge in [-0.15, -0.1) is 0 Å². The fourth-order valence-electron chi connectivity index (χ4n) is 1.36. The van der Waals surface area contributed by atoms with Crippen LogP contribution in [0, 0.1) is 6.92 Å². The summed E-state index contributed by atoms with van der Waals surface area (Å²) < 4.78 is 0. The molecule has 0 amide bonds. The summed E-state index contributed by atoms with van der Waals surface area (Å²) >= 11 is 1.31. The minimum absolute atomic E-state index is 0.00916. The molecule has 1 N–H and O–H groups in total. The van der Waals surface area contributed by atoms with Gasteiger partial charge in [0.15, 0.2) is 10.9 Å². The van der Waals surface area contributed by atoms with Crippen molar-refractivity contribution in [1.82, 2.24) is 9.97 Å². The zero-order valence-corrected chi connectivity index (χ0v) is 10.6. The topological polar surface area (TPSA) is 63.1 Å². The fourth-order valence-corrected chi connectivity index (χ4v) is 2.13. The summed E-state index contributed by atoms with van der Waals surface area (Å²) in [5, 5.41) is 9.74. The second-order valence-corrected chi connectivity index (χ2v) is 4.68. The fraction of sp³-hybridized carbons (Fsp3) is 0.154. The highest BCUT2D eigenvalue weighted by Gasteiger charge is 2.07. The van der Waals surface area contributed by atoms with Crippen molar-refractivity contribution >= 4 is 17.5 Å². The number of aromatic hydroxyl groups is 1. The smallest absolute Gasteiger partial charge is 0.188 e. The SMILES string of the molecule is Cc1ccnc(SCC(=O)c2ccc(O)cc2)n1. The Hall–Kier alpha value is -1.88. The molecule has 0 saturated heterocycles. The Morgan fingerprint density at radius 3 is 2.67 bits per heavy atom. The molecule has 92 valence electrons. The second-order valence-electron chi connectivity index (χ2n) is 3.74. The van der Waals surface area contributed by atoms with Gasteiger partial charge in [0, 0.05) is 17.5 Å². The van der Waals surface area contributed by atoms with Crippen LogP contribution >= 0.6 is 11.8 Å². The lowest BCUT2D eigenvalue weighted by Crippen LogP contribution is -2.02. The van der Waals surface area contributed by atoms with E-state index in [2.05, 4.69) is 9.97 Å². The molecule has 0 aliphatic carbocycles. The van der Waals surface area contributed by atoms with Crippen molar-refractivity contribution in [1.29, 1.82) is 0 Å². The number of hydrogen-bond donors (Lipinski definition) is 1. The van der Waals surface area contributed by atoms with Crippen molar-refractivity contribution in [3.63, 3.8) is 0 Å². The van der Waals surface area contributed by atoms with Crippen LogP contribution in [0.25, 0.3) is 0 Å². The van der Waals surface area contributed by atoms with Gasteiger partial charge in [-0.05, 0) is 37.3 Å². The molecular formula is C13H12N2O2S. The van der Waals surface area contributed by atoms with Gasteiger partial charge in [0.2, 0.25) is 0 Å². The average Bonchev–Trinajstić information content (AvgIpc) is 2.37. The van der Waals surface area contributed by atoms with Gasteiger partial charge in [0.1, 0.15) is 5.75 Å². The van der Waals surface area contributed by atoms with Crippen LogP contribution in [-0.2, 0) is 0 Å². The summed E-state index contributed by atoms with van der Waals surface area (Å²) in [4.78, 5) is 20.1. The van der Waals surface area contributed by atoms with Crippen molar-refractivity contribution in [2.75, 3.05) is 5.75 Å². The van der Waals surface area contributed by atoms with E-state index >= 15 is 0 Å². The van der Waals surface area contributed by atoms with Gasteiger partial charge in [-0.2, -0.15) is 0 Å². The first kappa shape index (κ1) is 12.6. The van der Waals surface area contributed by atoms with Gasteiger partial charge in [-0.1, -0.05) is 11.8 Å². The molecule has 4 nitrogen and oxygen atoms in total. The summed E-state index contributed by atoms with van der Waals surface area (Å²) in [5.41, 5.74) is 1.46. The van der Waals surface area contributed by atoms with Crippen LogP contribution < -0.4 is 0 Å². The number of phenols is 1. The lowest BCUT2D eigenvalue weighted by atomic mass is 10.1. The van der Waals surface area contributed by atoms with Gasteiger partial charge in [0.25, 0.3) is 0 Å². The highest BCUT2D eigenvalue weighted by molar-refractivity contribution is 7.99. The standard InChI is InChI=1S/C13H12N2O2S/c1-9-6-7-14-13(15-9)18-8-12(17)10-2-4-11(16)5-3-10/h2-7,16H,8H2,1H3. The Kier molecular flexibility index (Phi) is 3.94. The minimum Gasteiger partial charge on any atom is -0.508 e. The number of Topliss-reactive ketones (excluding diaryl/α,β-unsaturated/α-hetero) is 1. The molecule has 0 bridgehead atoms. The van der Waals surface area contributed by atoms with Crippen molar-refractivity contribution in [3.8, 4) is 5.75 Å². The molecule has 0 atom stereocenters. The molecule has 0 fully saturated rings. The monoisotopic (exact) mass is 260 g/mol. The van der Waals surface area contributed by atoms with Gasteiger partial charge in [-0.25, -0.2) is 9.97 Å². The molecule has 0 radical (unpaired) electrons. The molecule has 1 heterocycles. The van der Waals surface area contributed by atoms with Gasteiger partial charge < -0.3 is 5.11 Å². The van der Waals surface area contributed by atoms with E-state index in [1.165, 1.54) is 23.9 Å². The van der Waals surface area contributed by atoms with Crippen LogP contribution in [0.1, 0.15) is 16.1 Å². The van der Waals surface area contributed by atoms with E-state index in [1.54, 1.807) is 18.3 Å². The number of hydrogen-bond acceptors (Lipinski definition) is 5. The molecular weight excluding hydrogens is 248 g/mol. The number of benzene rings is 1.